The molecule has 1 aliphatic rings. The van der Waals surface area contributed by atoms with Gasteiger partial charge in [-0.15, -0.1) is 0 Å². The Morgan fingerprint density at radius 3 is 2.31 bits per heavy atom. The topological polar surface area (TPSA) is 12.5 Å². The first-order valence-corrected chi connectivity index (χ1v) is 6.50. The third-order valence-electron chi connectivity index (χ3n) is 2.95. The van der Waals surface area contributed by atoms with Crippen molar-refractivity contribution in [2.75, 3.05) is 19.6 Å². The van der Waals surface area contributed by atoms with Crippen LogP contribution >= 0.6 is 0 Å². The molecule has 1 rings (SSSR count). The lowest BCUT2D eigenvalue weighted by molar-refractivity contribution is -0.0110. The van der Waals surface area contributed by atoms with Gasteiger partial charge in [-0.1, -0.05) is 32.6 Å². The summed E-state index contributed by atoms with van der Waals surface area (Å²) in [6.45, 7) is 12.0. The van der Waals surface area contributed by atoms with Gasteiger partial charge in [0.15, 0.2) is 0 Å². The molecule has 0 radical (unpaired) electrons. The summed E-state index contributed by atoms with van der Waals surface area (Å²) in [7, 11) is 0. The minimum absolute atomic E-state index is 0.0839. The molecule has 0 bridgehead atoms. The van der Waals surface area contributed by atoms with Crippen molar-refractivity contribution in [1.82, 2.24) is 4.90 Å². The van der Waals surface area contributed by atoms with Gasteiger partial charge in [-0.05, 0) is 26.3 Å². The number of rotatable bonds is 3. The summed E-state index contributed by atoms with van der Waals surface area (Å²) >= 11 is 0. The fourth-order valence-corrected chi connectivity index (χ4v) is 1.97. The summed E-state index contributed by atoms with van der Waals surface area (Å²) in [6.07, 6.45) is 2.81. The second kappa shape index (κ2) is 6.93. The highest BCUT2D eigenvalue weighted by Gasteiger charge is 2.19. The van der Waals surface area contributed by atoms with Crippen molar-refractivity contribution >= 4 is 0 Å². The number of hydrogen-bond acceptors (Lipinski definition) is 2. The van der Waals surface area contributed by atoms with Crippen LogP contribution in [-0.4, -0.2) is 36.7 Å². The molecule has 0 aromatic rings. The molecule has 1 heterocycles. The average molecular weight is 223 g/mol. The van der Waals surface area contributed by atoms with E-state index in [1.807, 2.05) is 0 Å². The van der Waals surface area contributed by atoms with Gasteiger partial charge in [-0.2, -0.15) is 0 Å². The zero-order valence-electron chi connectivity index (χ0n) is 11.1. The van der Waals surface area contributed by atoms with Crippen LogP contribution in [0.2, 0.25) is 0 Å². The van der Waals surface area contributed by atoms with E-state index in [1.165, 1.54) is 13.1 Å². The van der Waals surface area contributed by atoms with Gasteiger partial charge in [0.1, 0.15) is 6.10 Å². The Balaban J connectivity index is 2.26. The van der Waals surface area contributed by atoms with E-state index in [1.54, 1.807) is 0 Å². The van der Waals surface area contributed by atoms with Crippen LogP contribution in [0.3, 0.4) is 0 Å². The predicted molar refractivity (Wildman–Crippen MR) is 68.3 cm³/mol. The highest BCUT2D eigenvalue weighted by atomic mass is 16.5. The van der Waals surface area contributed by atoms with Gasteiger partial charge in [0.2, 0.25) is 0 Å². The van der Waals surface area contributed by atoms with E-state index in [4.69, 9.17) is 4.74 Å². The lowest BCUT2D eigenvalue weighted by Gasteiger charge is -2.31. The Morgan fingerprint density at radius 1 is 1.19 bits per heavy atom. The first kappa shape index (κ1) is 13.5. The summed E-state index contributed by atoms with van der Waals surface area (Å²) in [4.78, 5) is 2.48. The van der Waals surface area contributed by atoms with Gasteiger partial charge in [0.05, 0.1) is 6.10 Å². The molecule has 1 atom stereocenters. The number of nitrogens with zero attached hydrogens (tertiary/aromatic N) is 1. The Labute approximate surface area is 100 Å². The molecule has 2 heteroatoms. The molecule has 1 unspecified atom stereocenters. The fourth-order valence-electron chi connectivity index (χ4n) is 1.97. The lowest BCUT2D eigenvalue weighted by Crippen LogP contribution is -2.37. The maximum absolute atomic E-state index is 5.93. The van der Waals surface area contributed by atoms with Crippen LogP contribution in [0.5, 0.6) is 0 Å². The molecule has 0 saturated carbocycles. The predicted octanol–water partition coefficient (Wildman–Crippen LogP) is 2.54. The molecule has 2 nitrogen and oxygen atoms in total. The zero-order valence-corrected chi connectivity index (χ0v) is 11.1. The molecule has 0 aromatic heterocycles. The largest absolute Gasteiger partial charge is 0.362 e. The van der Waals surface area contributed by atoms with Crippen LogP contribution in [0, 0.1) is 17.8 Å². The Morgan fingerprint density at radius 2 is 1.81 bits per heavy atom. The summed E-state index contributed by atoms with van der Waals surface area (Å²) < 4.78 is 5.93. The normalized spacial score (nSPS) is 20.6. The van der Waals surface area contributed by atoms with Crippen molar-refractivity contribution in [2.45, 2.75) is 52.7 Å². The van der Waals surface area contributed by atoms with Crippen LogP contribution in [0.1, 0.15) is 40.5 Å². The molecule has 16 heavy (non-hydrogen) atoms. The van der Waals surface area contributed by atoms with E-state index in [9.17, 15) is 0 Å². The third kappa shape index (κ3) is 5.01. The van der Waals surface area contributed by atoms with Gasteiger partial charge in [0.25, 0.3) is 0 Å². The first-order chi connectivity index (χ1) is 7.61. The summed E-state index contributed by atoms with van der Waals surface area (Å²) in [5.74, 6) is 6.78. The van der Waals surface area contributed by atoms with Crippen molar-refractivity contribution in [3.05, 3.63) is 0 Å². The first-order valence-electron chi connectivity index (χ1n) is 6.50. The molecule has 1 saturated heterocycles. The summed E-state index contributed by atoms with van der Waals surface area (Å²) in [5.41, 5.74) is 0. The number of likely N-dealkylation sites (tertiary alicyclic amines) is 1. The maximum atomic E-state index is 5.93. The fraction of sp³-hybridized carbons (Fsp3) is 0.857. The quantitative estimate of drug-likeness (QED) is 0.682. The summed E-state index contributed by atoms with van der Waals surface area (Å²) in [5, 5.41) is 0. The van der Waals surface area contributed by atoms with Crippen LogP contribution in [0.25, 0.3) is 0 Å². The third-order valence-corrected chi connectivity index (χ3v) is 2.95. The molecule has 92 valence electrons. The molecular formula is C14H25NO. The lowest BCUT2D eigenvalue weighted by atomic mass is 10.1. The van der Waals surface area contributed by atoms with E-state index in [-0.39, 0.29) is 6.10 Å². The van der Waals surface area contributed by atoms with E-state index in [0.29, 0.717) is 12.0 Å². The minimum Gasteiger partial charge on any atom is -0.362 e. The van der Waals surface area contributed by atoms with Crippen molar-refractivity contribution in [1.29, 1.82) is 0 Å². The second-order valence-corrected chi connectivity index (χ2v) is 4.86. The maximum Gasteiger partial charge on any atom is 0.115 e. The van der Waals surface area contributed by atoms with Crippen molar-refractivity contribution in [3.8, 4) is 11.8 Å². The molecule has 0 spiro atoms. The zero-order chi connectivity index (χ0) is 12.0. The number of ether oxygens (including phenoxy) is 1. The van der Waals surface area contributed by atoms with Gasteiger partial charge in [-0.25, -0.2) is 0 Å². The molecule has 0 aliphatic carbocycles. The Bertz CT molecular complexity index is 243. The van der Waals surface area contributed by atoms with Crippen molar-refractivity contribution in [3.63, 3.8) is 0 Å². The Kier molecular flexibility index (Phi) is 5.87. The number of hydrogen-bond donors (Lipinski definition) is 0. The van der Waals surface area contributed by atoms with Crippen LogP contribution in [0.15, 0.2) is 0 Å². The highest BCUT2D eigenvalue weighted by Crippen LogP contribution is 2.14. The van der Waals surface area contributed by atoms with E-state index < -0.39 is 0 Å². The van der Waals surface area contributed by atoms with E-state index in [0.717, 1.165) is 19.4 Å². The molecule has 0 N–H and O–H groups in total. The molecule has 0 amide bonds. The number of piperidine rings is 1. The second-order valence-electron chi connectivity index (χ2n) is 4.86. The molecular weight excluding hydrogens is 198 g/mol. The molecule has 0 aromatic carbocycles. The van der Waals surface area contributed by atoms with E-state index in [2.05, 4.69) is 44.4 Å². The van der Waals surface area contributed by atoms with Crippen molar-refractivity contribution in [2.24, 2.45) is 5.92 Å². The van der Waals surface area contributed by atoms with Crippen LogP contribution < -0.4 is 0 Å². The SMILES string of the molecule is CCN1CCC(OC(C)C#CC(C)C)CC1. The van der Waals surface area contributed by atoms with Gasteiger partial charge >= 0.3 is 0 Å². The average Bonchev–Trinajstić information content (AvgIpc) is 2.27. The van der Waals surface area contributed by atoms with E-state index >= 15 is 0 Å². The Hall–Kier alpha value is -0.520. The smallest absolute Gasteiger partial charge is 0.115 e. The summed E-state index contributed by atoms with van der Waals surface area (Å²) in [6, 6.07) is 0. The van der Waals surface area contributed by atoms with Crippen LogP contribution in [-0.2, 0) is 4.74 Å². The molecule has 1 aliphatic heterocycles. The van der Waals surface area contributed by atoms with Crippen molar-refractivity contribution < 1.29 is 4.74 Å². The monoisotopic (exact) mass is 223 g/mol. The van der Waals surface area contributed by atoms with Crippen LogP contribution in [0.4, 0.5) is 0 Å². The molecule has 1 fully saturated rings. The van der Waals surface area contributed by atoms with Gasteiger partial charge < -0.3 is 9.64 Å². The minimum atomic E-state index is 0.0839. The van der Waals surface area contributed by atoms with Gasteiger partial charge in [-0.3, -0.25) is 0 Å². The standard InChI is InChI=1S/C14H25NO/c1-5-15-10-8-14(9-11-15)16-13(4)7-6-12(2)3/h12-14H,5,8-11H2,1-4H3. The highest BCUT2D eigenvalue weighted by molar-refractivity contribution is 5.05. The van der Waals surface area contributed by atoms with Gasteiger partial charge in [0, 0.05) is 19.0 Å².